The molecule has 0 aliphatic carbocycles. The molecular weight excluding hydrogens is 335 g/mol. The van der Waals surface area contributed by atoms with Gasteiger partial charge in [0.2, 0.25) is 5.88 Å². The maximum atomic E-state index is 12.7. The number of nitrogens with zero attached hydrogens (tertiary/aromatic N) is 1. The molecule has 1 rings (SSSR count). The van der Waals surface area contributed by atoms with Crippen molar-refractivity contribution >= 4 is 19.7 Å². The summed E-state index contributed by atoms with van der Waals surface area (Å²) in [4.78, 5) is 2.97. The van der Waals surface area contributed by atoms with Crippen molar-refractivity contribution in [3.63, 3.8) is 0 Å². The molecule has 5 nitrogen and oxygen atoms in total. The zero-order valence-corrected chi connectivity index (χ0v) is 10.9. The monoisotopic (exact) mass is 340 g/mol. The number of halogens is 6. The lowest BCUT2D eigenvalue weighted by Gasteiger charge is -2.14. The van der Waals surface area contributed by atoms with Crippen molar-refractivity contribution in [2.75, 3.05) is 0 Å². The van der Waals surface area contributed by atoms with E-state index in [0.717, 1.165) is 0 Å². The van der Waals surface area contributed by atoms with Gasteiger partial charge in [-0.25, -0.2) is 17.2 Å². The fraction of sp³-hybridized carbons (Fsp3) is 0.375. The van der Waals surface area contributed by atoms with Gasteiger partial charge in [0.15, 0.2) is 5.03 Å². The van der Waals surface area contributed by atoms with Crippen LogP contribution in [0.1, 0.15) is 17.6 Å². The summed E-state index contributed by atoms with van der Waals surface area (Å²) in [5.74, 6) is -1.37. The molecule has 0 aromatic carbocycles. The third-order valence-electron chi connectivity index (χ3n) is 1.99. The Balaban J connectivity index is 3.57. The number of nitrogens with two attached hydrogens (primary N) is 1. The van der Waals surface area contributed by atoms with Gasteiger partial charge in [0.25, 0.3) is 15.5 Å². The molecule has 20 heavy (non-hydrogen) atoms. The number of rotatable bonds is 4. The van der Waals surface area contributed by atoms with Gasteiger partial charge in [-0.05, 0) is 0 Å². The minimum Gasteiger partial charge on any atom is -0.388 e. The van der Waals surface area contributed by atoms with E-state index in [0.29, 0.717) is 0 Å². The minimum absolute atomic E-state index is 0.256. The van der Waals surface area contributed by atoms with Crippen LogP contribution in [-0.4, -0.2) is 19.8 Å². The van der Waals surface area contributed by atoms with Crippen molar-refractivity contribution in [1.29, 1.82) is 0 Å². The lowest BCUT2D eigenvalue weighted by Crippen LogP contribution is -2.20. The van der Waals surface area contributed by atoms with Crippen LogP contribution in [-0.2, 0) is 15.6 Å². The topological polar surface area (TPSA) is 82.3 Å². The van der Waals surface area contributed by atoms with Gasteiger partial charge in [-0.3, -0.25) is 0 Å². The first kappa shape index (κ1) is 16.9. The number of pyridine rings is 1. The van der Waals surface area contributed by atoms with Crippen molar-refractivity contribution in [1.82, 2.24) is 4.98 Å². The molecule has 0 amide bonds. The summed E-state index contributed by atoms with van der Waals surface area (Å²) in [5, 5.41) is -1.20. The molecule has 0 aliphatic heterocycles. The third kappa shape index (κ3) is 4.15. The Morgan fingerprint density at radius 3 is 2.30 bits per heavy atom. The van der Waals surface area contributed by atoms with Crippen LogP contribution >= 0.6 is 10.7 Å². The molecule has 12 heteroatoms. The van der Waals surface area contributed by atoms with Gasteiger partial charge < -0.3 is 10.5 Å². The smallest absolute Gasteiger partial charge is 0.388 e. The van der Waals surface area contributed by atoms with Gasteiger partial charge >= 0.3 is 6.36 Å². The second-order valence-corrected chi connectivity index (χ2v) is 5.81. The molecule has 0 fully saturated rings. The van der Waals surface area contributed by atoms with Crippen molar-refractivity contribution in [3.8, 4) is 5.88 Å². The van der Waals surface area contributed by atoms with E-state index in [1.54, 1.807) is 0 Å². The summed E-state index contributed by atoms with van der Waals surface area (Å²) < 4.78 is 87.2. The Morgan fingerprint density at radius 1 is 1.40 bits per heavy atom. The van der Waals surface area contributed by atoms with Gasteiger partial charge in [0.05, 0.1) is 0 Å². The molecule has 1 heterocycles. The van der Waals surface area contributed by atoms with E-state index < -0.39 is 50.4 Å². The van der Waals surface area contributed by atoms with E-state index in [2.05, 4.69) is 9.72 Å². The standard InChI is InChI=1S/C8H6ClF5N2O3S/c9-20(17,18)7-4(2-15)3(6(10)11)1-5(16-7)19-8(12,13)14/h1,6H,2,15H2. The zero-order valence-electron chi connectivity index (χ0n) is 9.29. The van der Waals surface area contributed by atoms with Gasteiger partial charge in [0, 0.05) is 34.4 Å². The number of hydrogen-bond donors (Lipinski definition) is 1. The quantitative estimate of drug-likeness (QED) is 0.672. The highest BCUT2D eigenvalue weighted by molar-refractivity contribution is 8.13. The van der Waals surface area contributed by atoms with E-state index in [1.807, 2.05) is 0 Å². The van der Waals surface area contributed by atoms with Crippen LogP contribution < -0.4 is 10.5 Å². The minimum atomic E-state index is -5.23. The Labute approximate surface area is 113 Å². The summed E-state index contributed by atoms with van der Waals surface area (Å²) in [5.41, 5.74) is 3.37. The molecular formula is C8H6ClF5N2O3S. The van der Waals surface area contributed by atoms with Crippen molar-refractivity contribution in [2.45, 2.75) is 24.4 Å². The summed E-state index contributed by atoms with van der Waals surface area (Å²) >= 11 is 0. The van der Waals surface area contributed by atoms with Crippen LogP contribution in [0.2, 0.25) is 0 Å². The molecule has 0 spiro atoms. The molecule has 2 N–H and O–H groups in total. The van der Waals surface area contributed by atoms with Gasteiger partial charge in [-0.15, -0.1) is 13.2 Å². The number of hydrogen-bond acceptors (Lipinski definition) is 5. The van der Waals surface area contributed by atoms with Crippen molar-refractivity contribution in [3.05, 3.63) is 17.2 Å². The SMILES string of the molecule is NCc1c(C(F)F)cc(OC(F)(F)F)nc1S(=O)(=O)Cl. The van der Waals surface area contributed by atoms with Gasteiger partial charge in [-0.1, -0.05) is 0 Å². The summed E-state index contributed by atoms with van der Waals surface area (Å²) in [6.07, 6.45) is -8.52. The van der Waals surface area contributed by atoms with Crippen LogP contribution in [0.4, 0.5) is 22.0 Å². The van der Waals surface area contributed by atoms with Gasteiger partial charge in [-0.2, -0.15) is 4.98 Å². The summed E-state index contributed by atoms with van der Waals surface area (Å²) in [6.45, 7) is -0.708. The fourth-order valence-electron chi connectivity index (χ4n) is 1.32. The lowest BCUT2D eigenvalue weighted by molar-refractivity contribution is -0.276. The Hall–Kier alpha value is -1.20. The van der Waals surface area contributed by atoms with Crippen molar-refractivity contribution < 1.29 is 35.1 Å². The average Bonchev–Trinajstić information content (AvgIpc) is 2.24. The second-order valence-electron chi connectivity index (χ2n) is 3.32. The number of aromatic nitrogens is 1. The Morgan fingerprint density at radius 2 is 1.95 bits per heavy atom. The predicted octanol–water partition coefficient (Wildman–Crippen LogP) is 2.30. The molecule has 0 saturated heterocycles. The molecule has 0 atom stereocenters. The highest BCUT2D eigenvalue weighted by atomic mass is 35.7. The van der Waals surface area contributed by atoms with Crippen LogP contribution in [0.15, 0.2) is 11.1 Å². The highest BCUT2D eigenvalue weighted by Gasteiger charge is 2.34. The first-order valence-corrected chi connectivity index (χ1v) is 6.99. The first-order valence-electron chi connectivity index (χ1n) is 4.68. The van der Waals surface area contributed by atoms with E-state index in [1.165, 1.54) is 0 Å². The molecule has 0 bridgehead atoms. The highest BCUT2D eigenvalue weighted by Crippen LogP contribution is 2.33. The van der Waals surface area contributed by atoms with E-state index >= 15 is 0 Å². The largest absolute Gasteiger partial charge is 0.574 e. The Kier molecular flexibility index (Phi) is 4.77. The fourth-order valence-corrected chi connectivity index (χ4v) is 2.39. The summed E-state index contributed by atoms with van der Waals surface area (Å²) in [6, 6.07) is 0.256. The zero-order chi connectivity index (χ0) is 15.7. The molecule has 0 saturated carbocycles. The first-order chi connectivity index (χ1) is 8.95. The predicted molar refractivity (Wildman–Crippen MR) is 56.8 cm³/mol. The Bertz CT molecular complexity index is 605. The molecule has 0 unspecified atom stereocenters. The maximum Gasteiger partial charge on any atom is 0.574 e. The van der Waals surface area contributed by atoms with Crippen LogP contribution in [0.3, 0.4) is 0 Å². The van der Waals surface area contributed by atoms with Crippen LogP contribution in [0, 0.1) is 0 Å². The third-order valence-corrected chi connectivity index (χ3v) is 3.23. The molecule has 0 aliphatic rings. The van der Waals surface area contributed by atoms with E-state index in [4.69, 9.17) is 16.4 Å². The van der Waals surface area contributed by atoms with Crippen LogP contribution in [0.5, 0.6) is 5.88 Å². The number of alkyl halides is 5. The molecule has 1 aromatic heterocycles. The van der Waals surface area contributed by atoms with E-state index in [9.17, 15) is 30.4 Å². The second kappa shape index (κ2) is 5.66. The molecule has 114 valence electrons. The lowest BCUT2D eigenvalue weighted by atomic mass is 10.1. The van der Waals surface area contributed by atoms with Gasteiger partial charge in [0.1, 0.15) is 0 Å². The molecule has 0 radical (unpaired) electrons. The van der Waals surface area contributed by atoms with Crippen LogP contribution in [0.25, 0.3) is 0 Å². The molecule has 1 aromatic rings. The summed E-state index contributed by atoms with van der Waals surface area (Å²) in [7, 11) is 0.256. The van der Waals surface area contributed by atoms with Crippen molar-refractivity contribution in [2.24, 2.45) is 5.73 Å². The average molecular weight is 341 g/mol. The number of ether oxygens (including phenoxy) is 1. The van der Waals surface area contributed by atoms with E-state index in [-0.39, 0.29) is 6.07 Å². The maximum absolute atomic E-state index is 12.7. The normalized spacial score (nSPS) is 12.8.